The number of carbonyl (C=O) groups is 1. The highest BCUT2D eigenvalue weighted by Crippen LogP contribution is 2.41. The van der Waals surface area contributed by atoms with E-state index in [1.807, 2.05) is 16.5 Å². The van der Waals surface area contributed by atoms with Gasteiger partial charge in [0.05, 0.1) is 12.7 Å². The van der Waals surface area contributed by atoms with Crippen molar-refractivity contribution < 1.29 is 4.79 Å². The van der Waals surface area contributed by atoms with E-state index in [1.54, 1.807) is 29.9 Å². The average Bonchev–Trinajstić information content (AvgIpc) is 3.18. The Labute approximate surface area is 151 Å². The fourth-order valence-electron chi connectivity index (χ4n) is 3.96. The smallest absolute Gasteiger partial charge is 0.274 e. The first kappa shape index (κ1) is 16.6. The molecule has 2 aromatic rings. The molecule has 6 nitrogen and oxygen atoms in total. The molecule has 0 aliphatic carbocycles. The van der Waals surface area contributed by atoms with Crippen molar-refractivity contribution in [3.63, 3.8) is 0 Å². The molecular weight excluding hydrogens is 334 g/mol. The number of aromatic nitrogens is 3. The maximum atomic E-state index is 12.5. The number of piperidine rings is 2. The Morgan fingerprint density at radius 2 is 1.80 bits per heavy atom. The molecule has 2 aliphatic heterocycles. The highest BCUT2D eigenvalue weighted by Gasteiger charge is 2.38. The second-order valence-electron chi connectivity index (χ2n) is 7.08. The van der Waals surface area contributed by atoms with Gasteiger partial charge in [-0.1, -0.05) is 0 Å². The molecule has 1 spiro atoms. The molecule has 0 atom stereocenters. The fourth-order valence-corrected chi connectivity index (χ4v) is 4.62. The van der Waals surface area contributed by atoms with E-state index < -0.39 is 0 Å². The van der Waals surface area contributed by atoms with Crippen LogP contribution in [0.15, 0.2) is 30.2 Å². The van der Waals surface area contributed by atoms with E-state index in [1.165, 1.54) is 17.8 Å². The molecular formula is C18H23N5OS. The number of nitrogens with zero attached hydrogens (tertiary/aromatic N) is 5. The predicted molar refractivity (Wildman–Crippen MR) is 96.2 cm³/mol. The molecule has 0 aromatic carbocycles. The first-order valence-electron chi connectivity index (χ1n) is 8.90. The van der Waals surface area contributed by atoms with Crippen molar-refractivity contribution >= 4 is 17.2 Å². The van der Waals surface area contributed by atoms with E-state index in [-0.39, 0.29) is 5.91 Å². The maximum Gasteiger partial charge on any atom is 0.274 e. The van der Waals surface area contributed by atoms with Crippen LogP contribution in [0.25, 0.3) is 0 Å². The van der Waals surface area contributed by atoms with E-state index >= 15 is 0 Å². The fraction of sp³-hybridized carbons (Fsp3) is 0.556. The van der Waals surface area contributed by atoms with E-state index in [4.69, 9.17) is 0 Å². The number of amides is 1. The lowest BCUT2D eigenvalue weighted by Crippen LogP contribution is -2.48. The van der Waals surface area contributed by atoms with Gasteiger partial charge in [-0.25, -0.2) is 9.97 Å². The van der Waals surface area contributed by atoms with E-state index in [9.17, 15) is 4.79 Å². The first-order valence-corrected chi connectivity index (χ1v) is 9.78. The van der Waals surface area contributed by atoms with E-state index in [0.717, 1.165) is 45.6 Å². The van der Waals surface area contributed by atoms with Crippen LogP contribution < -0.4 is 0 Å². The maximum absolute atomic E-state index is 12.5. The second kappa shape index (κ2) is 7.17. The number of hydrogen-bond acceptors (Lipinski definition) is 6. The van der Waals surface area contributed by atoms with Crippen LogP contribution in [0.5, 0.6) is 0 Å². The lowest BCUT2D eigenvalue weighted by molar-refractivity contribution is 0.0282. The monoisotopic (exact) mass is 357 g/mol. The van der Waals surface area contributed by atoms with Crippen molar-refractivity contribution in [2.45, 2.75) is 32.2 Å². The topological polar surface area (TPSA) is 62.2 Å². The number of hydrogen-bond donors (Lipinski definition) is 0. The van der Waals surface area contributed by atoms with Gasteiger partial charge in [-0.05, 0) is 44.2 Å². The quantitative estimate of drug-likeness (QED) is 0.844. The zero-order chi connectivity index (χ0) is 17.1. The number of thiazole rings is 1. The average molecular weight is 357 g/mol. The predicted octanol–water partition coefficient (Wildman–Crippen LogP) is 2.45. The molecule has 0 radical (unpaired) electrons. The normalized spacial score (nSPS) is 20.7. The molecule has 2 fully saturated rings. The lowest BCUT2D eigenvalue weighted by atomic mass is 9.71. The van der Waals surface area contributed by atoms with Crippen LogP contribution in [0, 0.1) is 5.41 Å². The van der Waals surface area contributed by atoms with Gasteiger partial charge in [-0.3, -0.25) is 14.7 Å². The Bertz CT molecular complexity index is 688. The molecule has 2 aliphatic rings. The Morgan fingerprint density at radius 3 is 2.44 bits per heavy atom. The Hall–Kier alpha value is -1.86. The van der Waals surface area contributed by atoms with Crippen LogP contribution in [-0.2, 0) is 6.54 Å². The molecule has 4 heterocycles. The van der Waals surface area contributed by atoms with Crippen LogP contribution in [0.3, 0.4) is 0 Å². The van der Waals surface area contributed by atoms with Gasteiger partial charge < -0.3 is 4.90 Å². The van der Waals surface area contributed by atoms with Crippen LogP contribution in [0.1, 0.15) is 41.2 Å². The van der Waals surface area contributed by atoms with Crippen molar-refractivity contribution in [2.24, 2.45) is 5.41 Å². The summed E-state index contributed by atoms with van der Waals surface area (Å²) < 4.78 is 0. The van der Waals surface area contributed by atoms with Crippen molar-refractivity contribution in [1.82, 2.24) is 24.8 Å². The number of rotatable bonds is 3. The van der Waals surface area contributed by atoms with Gasteiger partial charge in [0.25, 0.3) is 5.91 Å². The van der Waals surface area contributed by atoms with Crippen LogP contribution >= 0.6 is 11.3 Å². The van der Waals surface area contributed by atoms with Crippen molar-refractivity contribution in [1.29, 1.82) is 0 Å². The summed E-state index contributed by atoms with van der Waals surface area (Å²) in [5.41, 5.74) is 0.870. The number of likely N-dealkylation sites (tertiary alicyclic amines) is 2. The van der Waals surface area contributed by atoms with Crippen molar-refractivity contribution in [3.8, 4) is 0 Å². The minimum atomic E-state index is 0.0177. The second-order valence-corrected chi connectivity index (χ2v) is 8.06. The third kappa shape index (κ3) is 3.72. The van der Waals surface area contributed by atoms with Gasteiger partial charge in [0.1, 0.15) is 10.7 Å². The van der Waals surface area contributed by atoms with Crippen LogP contribution in [-0.4, -0.2) is 56.8 Å². The van der Waals surface area contributed by atoms with Crippen LogP contribution in [0.2, 0.25) is 0 Å². The largest absolute Gasteiger partial charge is 0.337 e. The third-order valence-corrected chi connectivity index (χ3v) is 6.42. The van der Waals surface area contributed by atoms with Gasteiger partial charge in [0, 0.05) is 37.1 Å². The summed E-state index contributed by atoms with van der Waals surface area (Å²) in [6.45, 7) is 4.92. The highest BCUT2D eigenvalue weighted by molar-refractivity contribution is 7.09. The molecule has 4 rings (SSSR count). The van der Waals surface area contributed by atoms with Gasteiger partial charge in [0.2, 0.25) is 0 Å². The highest BCUT2D eigenvalue weighted by atomic mass is 32.1. The molecule has 2 aromatic heterocycles. The minimum absolute atomic E-state index is 0.0177. The summed E-state index contributed by atoms with van der Waals surface area (Å²) in [6, 6.07) is 0. The van der Waals surface area contributed by atoms with Gasteiger partial charge in [-0.2, -0.15) is 0 Å². The van der Waals surface area contributed by atoms with Crippen molar-refractivity contribution in [2.75, 3.05) is 26.2 Å². The molecule has 7 heteroatoms. The number of carbonyl (C=O) groups excluding carboxylic acids is 1. The standard InChI is InChI=1S/C18H23N5OS/c24-17(15-13-19-5-6-20-15)23-10-3-18(4-11-23)1-8-22(9-2-18)14-16-21-7-12-25-16/h5-7,12-13H,1-4,8-11,14H2. The molecule has 0 bridgehead atoms. The summed E-state index contributed by atoms with van der Waals surface area (Å²) in [6.07, 6.45) is 11.3. The van der Waals surface area contributed by atoms with Crippen LogP contribution in [0.4, 0.5) is 0 Å². The van der Waals surface area contributed by atoms with Gasteiger partial charge >= 0.3 is 0 Å². The van der Waals surface area contributed by atoms with Gasteiger partial charge in [0.15, 0.2) is 0 Å². The molecule has 1 amide bonds. The molecule has 132 valence electrons. The summed E-state index contributed by atoms with van der Waals surface area (Å²) in [7, 11) is 0. The molecule has 2 saturated heterocycles. The van der Waals surface area contributed by atoms with Crippen molar-refractivity contribution in [3.05, 3.63) is 40.9 Å². The summed E-state index contributed by atoms with van der Waals surface area (Å²) >= 11 is 1.74. The molecule has 0 N–H and O–H groups in total. The Balaban J connectivity index is 1.29. The summed E-state index contributed by atoms with van der Waals surface area (Å²) in [5.74, 6) is 0.0177. The summed E-state index contributed by atoms with van der Waals surface area (Å²) in [4.78, 5) is 29.5. The third-order valence-electron chi connectivity index (χ3n) is 5.65. The molecule has 25 heavy (non-hydrogen) atoms. The minimum Gasteiger partial charge on any atom is -0.337 e. The Morgan fingerprint density at radius 1 is 1.04 bits per heavy atom. The Kier molecular flexibility index (Phi) is 4.76. The SMILES string of the molecule is O=C(c1cnccn1)N1CCC2(CCN(Cc3nccs3)CC2)CC1. The first-order chi connectivity index (χ1) is 12.2. The zero-order valence-corrected chi connectivity index (χ0v) is 15.1. The van der Waals surface area contributed by atoms with Gasteiger partial charge in [-0.15, -0.1) is 11.3 Å². The van der Waals surface area contributed by atoms with E-state index in [0.29, 0.717) is 11.1 Å². The van der Waals surface area contributed by atoms with E-state index in [2.05, 4.69) is 19.9 Å². The zero-order valence-electron chi connectivity index (χ0n) is 14.3. The summed E-state index contributed by atoms with van der Waals surface area (Å²) in [5, 5.41) is 3.25. The molecule has 0 saturated carbocycles. The molecule has 0 unspecified atom stereocenters. The lowest BCUT2D eigenvalue weighted by Gasteiger charge is -2.46.